The summed E-state index contributed by atoms with van der Waals surface area (Å²) in [5, 5.41) is 0.753. The number of aromatic nitrogens is 1. The Morgan fingerprint density at radius 3 is 2.68 bits per heavy atom. The molecule has 2 aliphatic heterocycles. The van der Waals surface area contributed by atoms with Crippen LogP contribution in [-0.2, 0) is 16.0 Å². The molecule has 2 atom stereocenters. The van der Waals surface area contributed by atoms with Gasteiger partial charge < -0.3 is 19.1 Å². The summed E-state index contributed by atoms with van der Waals surface area (Å²) in [5.41, 5.74) is 4.98. The number of allylic oxidation sites excluding steroid dienone is 1. The highest BCUT2D eigenvalue weighted by atomic mass is 16.7. The van der Waals surface area contributed by atoms with Gasteiger partial charge in [0, 0.05) is 17.5 Å². The second kappa shape index (κ2) is 9.54. The molecule has 1 aromatic heterocycles. The number of fused-ring (bicyclic) bond motifs is 3. The summed E-state index contributed by atoms with van der Waals surface area (Å²) in [6.07, 6.45) is 6.60. The summed E-state index contributed by atoms with van der Waals surface area (Å²) < 4.78 is 16.6. The Balaban J connectivity index is 1.31. The maximum atomic E-state index is 13.5. The Hall–Kier alpha value is -3.87. The molecule has 190 valence electrons. The molecule has 3 heterocycles. The number of rotatable bonds is 4. The van der Waals surface area contributed by atoms with Gasteiger partial charge in [-0.25, -0.2) is 9.78 Å². The molecule has 3 aromatic rings. The van der Waals surface area contributed by atoms with Crippen LogP contribution in [0.5, 0.6) is 11.5 Å². The first-order valence-electron chi connectivity index (χ1n) is 13.0. The van der Waals surface area contributed by atoms with Gasteiger partial charge in [-0.05, 0) is 86.9 Å². The van der Waals surface area contributed by atoms with Crippen molar-refractivity contribution >= 4 is 34.4 Å². The van der Waals surface area contributed by atoms with Crippen molar-refractivity contribution in [1.82, 2.24) is 9.88 Å². The zero-order chi connectivity index (χ0) is 25.5. The van der Waals surface area contributed by atoms with E-state index in [9.17, 15) is 9.59 Å². The second-order valence-electron chi connectivity index (χ2n) is 10.1. The number of para-hydroxylation sites is 1. The molecule has 6 rings (SSSR count). The standard InChI is InChI=1S/C30H30N2O5/c1-18-6-5-7-19(2)32(18)27(33)16-35-30(34)28-22-8-3-4-9-24(22)31-29-21(11-12-23(28)29)14-20-10-13-25-26(15-20)37-17-36-25/h3-4,8-10,13-15,18-19H,5-7,11-12,16-17H2,1-2H3. The summed E-state index contributed by atoms with van der Waals surface area (Å²) >= 11 is 0. The number of hydrogen-bond donors (Lipinski definition) is 0. The van der Waals surface area contributed by atoms with E-state index in [4.69, 9.17) is 19.2 Å². The zero-order valence-corrected chi connectivity index (χ0v) is 21.2. The number of ether oxygens (including phenoxy) is 3. The lowest BCUT2D eigenvalue weighted by Gasteiger charge is -2.38. The lowest BCUT2D eigenvalue weighted by molar-refractivity contribution is -0.140. The van der Waals surface area contributed by atoms with Gasteiger partial charge in [0.15, 0.2) is 18.1 Å². The van der Waals surface area contributed by atoms with Crippen LogP contribution in [0.4, 0.5) is 0 Å². The second-order valence-corrected chi connectivity index (χ2v) is 10.1. The lowest BCUT2D eigenvalue weighted by Crippen LogP contribution is -2.49. The van der Waals surface area contributed by atoms with E-state index in [1.165, 1.54) is 0 Å². The molecular weight excluding hydrogens is 468 g/mol. The first kappa shape index (κ1) is 23.5. The minimum atomic E-state index is -0.468. The van der Waals surface area contributed by atoms with Gasteiger partial charge in [0.2, 0.25) is 6.79 Å². The number of hydrogen-bond acceptors (Lipinski definition) is 6. The highest BCUT2D eigenvalue weighted by Crippen LogP contribution is 2.39. The lowest BCUT2D eigenvalue weighted by atomic mass is 9.97. The molecule has 0 bridgehead atoms. The minimum absolute atomic E-state index is 0.133. The van der Waals surface area contributed by atoms with E-state index < -0.39 is 5.97 Å². The third-order valence-corrected chi connectivity index (χ3v) is 7.69. The Kier molecular flexibility index (Phi) is 6.07. The number of esters is 1. The van der Waals surface area contributed by atoms with Crippen LogP contribution < -0.4 is 9.47 Å². The molecule has 0 saturated carbocycles. The molecule has 1 amide bonds. The third kappa shape index (κ3) is 4.32. The van der Waals surface area contributed by atoms with Crippen molar-refractivity contribution in [1.29, 1.82) is 0 Å². The number of carbonyl (C=O) groups excluding carboxylic acids is 2. The number of likely N-dealkylation sites (tertiary alicyclic amines) is 1. The highest BCUT2D eigenvalue weighted by molar-refractivity contribution is 6.07. The monoisotopic (exact) mass is 498 g/mol. The molecule has 0 radical (unpaired) electrons. The largest absolute Gasteiger partial charge is 0.454 e. The minimum Gasteiger partial charge on any atom is -0.454 e. The fourth-order valence-corrected chi connectivity index (χ4v) is 5.90. The molecule has 2 aromatic carbocycles. The topological polar surface area (TPSA) is 78.0 Å². The van der Waals surface area contributed by atoms with Gasteiger partial charge in [-0.2, -0.15) is 0 Å². The van der Waals surface area contributed by atoms with Crippen molar-refractivity contribution in [3.05, 3.63) is 64.8 Å². The summed E-state index contributed by atoms with van der Waals surface area (Å²) in [5.74, 6) is 0.868. The first-order valence-corrected chi connectivity index (χ1v) is 13.0. The SMILES string of the molecule is CC1CCCC(C)N1C(=O)COC(=O)c1c2c(nc3ccccc13)C(=Cc1ccc3c(c1)OCO3)CC2. The fraction of sp³-hybridized carbons (Fsp3) is 0.367. The fourth-order valence-electron chi connectivity index (χ4n) is 5.90. The van der Waals surface area contributed by atoms with Gasteiger partial charge in [-0.3, -0.25) is 4.79 Å². The quantitative estimate of drug-likeness (QED) is 0.449. The van der Waals surface area contributed by atoms with Gasteiger partial charge in [0.05, 0.1) is 16.8 Å². The molecule has 3 aliphatic rings. The Morgan fingerprint density at radius 2 is 1.84 bits per heavy atom. The van der Waals surface area contributed by atoms with E-state index in [2.05, 4.69) is 19.9 Å². The van der Waals surface area contributed by atoms with Gasteiger partial charge in [-0.1, -0.05) is 24.3 Å². The van der Waals surface area contributed by atoms with Crippen LogP contribution in [0.1, 0.15) is 66.7 Å². The van der Waals surface area contributed by atoms with Crippen molar-refractivity contribution in [2.24, 2.45) is 0 Å². The van der Waals surface area contributed by atoms with E-state index in [-0.39, 0.29) is 31.4 Å². The first-order chi connectivity index (χ1) is 18.0. The van der Waals surface area contributed by atoms with Crippen molar-refractivity contribution in [2.45, 2.75) is 58.0 Å². The molecule has 1 fully saturated rings. The molecule has 2 unspecified atom stereocenters. The number of carbonyl (C=O) groups is 2. The predicted molar refractivity (Wildman–Crippen MR) is 140 cm³/mol. The van der Waals surface area contributed by atoms with Gasteiger partial charge in [-0.15, -0.1) is 0 Å². The average molecular weight is 499 g/mol. The maximum absolute atomic E-state index is 13.5. The average Bonchev–Trinajstić information content (AvgIpc) is 3.52. The molecule has 0 N–H and O–H groups in total. The van der Waals surface area contributed by atoms with Crippen LogP contribution in [0.3, 0.4) is 0 Å². The molecule has 7 nitrogen and oxygen atoms in total. The summed E-state index contributed by atoms with van der Waals surface area (Å²) in [6, 6.07) is 13.8. The number of pyridine rings is 1. The Labute approximate surface area is 216 Å². The van der Waals surface area contributed by atoms with Crippen molar-refractivity contribution in [3.63, 3.8) is 0 Å². The predicted octanol–water partition coefficient (Wildman–Crippen LogP) is 5.40. The highest BCUT2D eigenvalue weighted by Gasteiger charge is 2.31. The maximum Gasteiger partial charge on any atom is 0.339 e. The van der Waals surface area contributed by atoms with Crippen LogP contribution in [-0.4, -0.2) is 47.2 Å². The molecule has 1 saturated heterocycles. The molecule has 0 spiro atoms. The van der Waals surface area contributed by atoms with Gasteiger partial charge in [0.1, 0.15) is 0 Å². The van der Waals surface area contributed by atoms with Crippen LogP contribution in [0, 0.1) is 0 Å². The number of amides is 1. The van der Waals surface area contributed by atoms with Crippen molar-refractivity contribution < 1.29 is 23.8 Å². The van der Waals surface area contributed by atoms with Crippen molar-refractivity contribution in [2.75, 3.05) is 13.4 Å². The van der Waals surface area contributed by atoms with E-state index >= 15 is 0 Å². The number of piperidine rings is 1. The van der Waals surface area contributed by atoms with Gasteiger partial charge >= 0.3 is 5.97 Å². The van der Waals surface area contributed by atoms with Crippen LogP contribution in [0.25, 0.3) is 22.6 Å². The van der Waals surface area contributed by atoms with E-state index in [1.807, 2.05) is 47.4 Å². The van der Waals surface area contributed by atoms with E-state index in [0.29, 0.717) is 12.0 Å². The van der Waals surface area contributed by atoms with E-state index in [1.54, 1.807) is 0 Å². The smallest absolute Gasteiger partial charge is 0.339 e. The summed E-state index contributed by atoms with van der Waals surface area (Å²) in [7, 11) is 0. The molecule has 1 aliphatic carbocycles. The zero-order valence-electron chi connectivity index (χ0n) is 21.2. The summed E-state index contributed by atoms with van der Waals surface area (Å²) in [6.45, 7) is 4.10. The molecular formula is C30H30N2O5. The molecule has 7 heteroatoms. The van der Waals surface area contributed by atoms with Crippen molar-refractivity contribution in [3.8, 4) is 11.5 Å². The molecule has 37 heavy (non-hydrogen) atoms. The third-order valence-electron chi connectivity index (χ3n) is 7.69. The Morgan fingerprint density at radius 1 is 1.05 bits per heavy atom. The van der Waals surface area contributed by atoms with Gasteiger partial charge in [0.25, 0.3) is 5.91 Å². The van der Waals surface area contributed by atoms with Crippen LogP contribution in [0.2, 0.25) is 0 Å². The number of benzene rings is 2. The van der Waals surface area contributed by atoms with Crippen LogP contribution >= 0.6 is 0 Å². The van der Waals surface area contributed by atoms with Crippen LogP contribution in [0.15, 0.2) is 42.5 Å². The number of nitrogens with zero attached hydrogens (tertiary/aromatic N) is 2. The Bertz CT molecular complexity index is 1420. The normalized spacial score (nSPS) is 21.4. The summed E-state index contributed by atoms with van der Waals surface area (Å²) in [4.78, 5) is 33.3. The van der Waals surface area contributed by atoms with E-state index in [0.717, 1.165) is 70.5 Å².